The van der Waals surface area contributed by atoms with Crippen molar-refractivity contribution in [2.45, 2.75) is 13.2 Å². The second-order valence-corrected chi connectivity index (χ2v) is 6.63. The molecule has 2 amide bonds. The van der Waals surface area contributed by atoms with Crippen molar-refractivity contribution >= 4 is 35.3 Å². The van der Waals surface area contributed by atoms with Crippen LogP contribution < -0.4 is 11.1 Å². The van der Waals surface area contributed by atoms with Gasteiger partial charge in [0.2, 0.25) is 6.41 Å². The molecule has 0 radical (unpaired) electrons. The predicted octanol–water partition coefficient (Wildman–Crippen LogP) is 3.66. The highest BCUT2D eigenvalue weighted by Crippen LogP contribution is 2.23. The highest BCUT2D eigenvalue weighted by Gasteiger charge is 2.10. The maximum absolute atomic E-state index is 12.4. The van der Waals surface area contributed by atoms with E-state index < -0.39 is 0 Å². The summed E-state index contributed by atoms with van der Waals surface area (Å²) in [6.07, 6.45) is 3.95. The van der Waals surface area contributed by atoms with Gasteiger partial charge in [-0.25, -0.2) is 5.06 Å². The fourth-order valence-electron chi connectivity index (χ4n) is 2.54. The third-order valence-electron chi connectivity index (χ3n) is 4.05. The lowest BCUT2D eigenvalue weighted by molar-refractivity contribution is -0.181. The van der Waals surface area contributed by atoms with Gasteiger partial charge in [0.15, 0.2) is 0 Å². The van der Waals surface area contributed by atoms with Crippen molar-refractivity contribution in [2.75, 3.05) is 11.1 Å². The quantitative estimate of drug-likeness (QED) is 0.335. The zero-order valence-corrected chi connectivity index (χ0v) is 16.2. The van der Waals surface area contributed by atoms with Crippen molar-refractivity contribution in [2.24, 2.45) is 0 Å². The molecule has 0 fully saturated rings. The lowest BCUT2D eigenvalue weighted by Gasteiger charge is -2.17. The first-order valence-corrected chi connectivity index (χ1v) is 9.12. The van der Waals surface area contributed by atoms with Gasteiger partial charge in [0, 0.05) is 23.0 Å². The number of aromatic nitrogens is 1. The van der Waals surface area contributed by atoms with Crippen molar-refractivity contribution in [3.05, 3.63) is 88.7 Å². The molecular weight excluding hydrogens is 392 g/mol. The van der Waals surface area contributed by atoms with E-state index in [2.05, 4.69) is 10.3 Å². The standard InChI is InChI=1S/C21H19ClN4O3/c22-18-7-8-20(19(23)10-18)25-21(28)17-5-3-15(4-6-17)12-26(14-27)29-13-16-2-1-9-24-11-16/h1-11,14H,12-13,23H2,(H,25,28). The molecule has 0 unspecified atom stereocenters. The molecule has 1 heterocycles. The van der Waals surface area contributed by atoms with E-state index >= 15 is 0 Å². The predicted molar refractivity (Wildman–Crippen MR) is 111 cm³/mol. The van der Waals surface area contributed by atoms with Gasteiger partial charge in [-0.2, -0.15) is 0 Å². The number of rotatable bonds is 8. The van der Waals surface area contributed by atoms with Gasteiger partial charge < -0.3 is 11.1 Å². The molecule has 0 saturated carbocycles. The summed E-state index contributed by atoms with van der Waals surface area (Å²) >= 11 is 5.86. The Bertz CT molecular complexity index is 981. The number of amides is 2. The molecule has 3 N–H and O–H groups in total. The lowest BCUT2D eigenvalue weighted by Crippen LogP contribution is -2.22. The smallest absolute Gasteiger partial charge is 0.255 e. The molecule has 0 aliphatic rings. The number of hydrogen-bond acceptors (Lipinski definition) is 5. The highest BCUT2D eigenvalue weighted by atomic mass is 35.5. The van der Waals surface area contributed by atoms with Crippen LogP contribution in [0, 0.1) is 0 Å². The van der Waals surface area contributed by atoms with Gasteiger partial charge in [-0.3, -0.25) is 19.4 Å². The van der Waals surface area contributed by atoms with E-state index in [4.69, 9.17) is 22.2 Å². The van der Waals surface area contributed by atoms with Gasteiger partial charge in [-0.1, -0.05) is 29.8 Å². The number of carbonyl (C=O) groups excluding carboxylic acids is 2. The minimum absolute atomic E-state index is 0.232. The summed E-state index contributed by atoms with van der Waals surface area (Å²) < 4.78 is 0. The summed E-state index contributed by atoms with van der Waals surface area (Å²) in [6, 6.07) is 15.4. The number of nitrogens with two attached hydrogens (primary N) is 1. The Labute approximate surface area is 173 Å². The second kappa shape index (κ2) is 9.68. The van der Waals surface area contributed by atoms with E-state index in [9.17, 15) is 9.59 Å². The van der Waals surface area contributed by atoms with Crippen LogP contribution in [0.5, 0.6) is 0 Å². The van der Waals surface area contributed by atoms with Gasteiger partial charge in [0.05, 0.1) is 17.9 Å². The van der Waals surface area contributed by atoms with Crippen LogP contribution in [0.15, 0.2) is 67.0 Å². The van der Waals surface area contributed by atoms with E-state index in [1.807, 2.05) is 6.07 Å². The monoisotopic (exact) mass is 410 g/mol. The number of hydrogen-bond donors (Lipinski definition) is 2. The molecule has 8 heteroatoms. The van der Waals surface area contributed by atoms with Crippen LogP contribution >= 0.6 is 11.6 Å². The zero-order chi connectivity index (χ0) is 20.6. The summed E-state index contributed by atoms with van der Waals surface area (Å²) in [5, 5.41) is 4.43. The third kappa shape index (κ3) is 5.78. The number of hydroxylamine groups is 2. The first-order chi connectivity index (χ1) is 14.0. The van der Waals surface area contributed by atoms with Crippen LogP contribution in [0.1, 0.15) is 21.5 Å². The van der Waals surface area contributed by atoms with Crippen molar-refractivity contribution in [3.8, 4) is 0 Å². The Morgan fingerprint density at radius 2 is 1.97 bits per heavy atom. The maximum atomic E-state index is 12.4. The molecule has 3 aromatic rings. The normalized spacial score (nSPS) is 10.4. The van der Waals surface area contributed by atoms with Crippen LogP contribution in [0.2, 0.25) is 5.02 Å². The Morgan fingerprint density at radius 3 is 2.62 bits per heavy atom. The molecule has 0 aliphatic carbocycles. The molecule has 0 aliphatic heterocycles. The molecule has 0 atom stereocenters. The number of halogens is 1. The molecule has 0 bridgehead atoms. The third-order valence-corrected chi connectivity index (χ3v) is 4.29. The SMILES string of the molecule is Nc1cc(Cl)ccc1NC(=O)c1ccc(CN(C=O)OCc2cccnc2)cc1. The number of nitrogen functional groups attached to an aromatic ring is 1. The van der Waals surface area contributed by atoms with Gasteiger partial charge in [0.1, 0.15) is 6.61 Å². The van der Waals surface area contributed by atoms with Gasteiger partial charge in [-0.15, -0.1) is 0 Å². The van der Waals surface area contributed by atoms with Crippen molar-refractivity contribution in [1.82, 2.24) is 10.0 Å². The first-order valence-electron chi connectivity index (χ1n) is 8.74. The summed E-state index contributed by atoms with van der Waals surface area (Å²) in [5.74, 6) is -0.300. The van der Waals surface area contributed by atoms with Gasteiger partial charge in [0.25, 0.3) is 5.91 Å². The summed E-state index contributed by atoms with van der Waals surface area (Å²) in [4.78, 5) is 33.1. The number of nitrogens with zero attached hydrogens (tertiary/aromatic N) is 2. The molecule has 2 aromatic carbocycles. The van der Waals surface area contributed by atoms with Crippen molar-refractivity contribution in [3.63, 3.8) is 0 Å². The minimum atomic E-state index is -0.300. The first kappa shape index (κ1) is 20.3. The van der Waals surface area contributed by atoms with E-state index in [0.29, 0.717) is 28.4 Å². The Morgan fingerprint density at radius 1 is 1.17 bits per heavy atom. The zero-order valence-electron chi connectivity index (χ0n) is 15.4. The molecule has 3 rings (SSSR count). The number of anilines is 2. The second-order valence-electron chi connectivity index (χ2n) is 6.20. The number of benzene rings is 2. The van der Waals surface area contributed by atoms with E-state index in [0.717, 1.165) is 11.1 Å². The molecule has 148 valence electrons. The molecule has 7 nitrogen and oxygen atoms in total. The van der Waals surface area contributed by atoms with Crippen molar-refractivity contribution < 1.29 is 14.4 Å². The van der Waals surface area contributed by atoms with Crippen LogP contribution in [-0.4, -0.2) is 22.4 Å². The maximum Gasteiger partial charge on any atom is 0.255 e. The van der Waals surface area contributed by atoms with E-state index in [1.165, 1.54) is 5.06 Å². The highest BCUT2D eigenvalue weighted by molar-refractivity contribution is 6.31. The molecule has 0 saturated heterocycles. The fourth-order valence-corrected chi connectivity index (χ4v) is 2.72. The fraction of sp³-hybridized carbons (Fsp3) is 0.0952. The Kier molecular flexibility index (Phi) is 6.78. The topological polar surface area (TPSA) is 97.6 Å². The van der Waals surface area contributed by atoms with Crippen LogP contribution in [0.25, 0.3) is 0 Å². The largest absolute Gasteiger partial charge is 0.397 e. The summed E-state index contributed by atoms with van der Waals surface area (Å²) in [5.41, 5.74) is 8.85. The molecule has 1 aromatic heterocycles. The van der Waals surface area contributed by atoms with Crippen LogP contribution in [0.4, 0.5) is 11.4 Å². The van der Waals surface area contributed by atoms with Gasteiger partial charge in [-0.05, 0) is 47.5 Å². The van der Waals surface area contributed by atoms with Crippen LogP contribution in [-0.2, 0) is 22.8 Å². The van der Waals surface area contributed by atoms with Crippen LogP contribution in [0.3, 0.4) is 0 Å². The minimum Gasteiger partial charge on any atom is -0.397 e. The van der Waals surface area contributed by atoms with E-state index in [1.54, 1.807) is 60.9 Å². The number of pyridine rings is 1. The molecule has 29 heavy (non-hydrogen) atoms. The number of carbonyl (C=O) groups is 2. The number of nitrogens with one attached hydrogen (secondary N) is 1. The average Bonchev–Trinajstić information content (AvgIpc) is 2.74. The van der Waals surface area contributed by atoms with Gasteiger partial charge >= 0.3 is 0 Å². The summed E-state index contributed by atoms with van der Waals surface area (Å²) in [6.45, 7) is 0.478. The summed E-state index contributed by atoms with van der Waals surface area (Å²) in [7, 11) is 0. The Hall–Kier alpha value is -3.42. The lowest BCUT2D eigenvalue weighted by atomic mass is 10.1. The van der Waals surface area contributed by atoms with E-state index in [-0.39, 0.29) is 19.1 Å². The Balaban J connectivity index is 1.58. The molecule has 0 spiro atoms. The molecular formula is C21H19ClN4O3. The average molecular weight is 411 g/mol. The van der Waals surface area contributed by atoms with Crippen molar-refractivity contribution in [1.29, 1.82) is 0 Å².